The topological polar surface area (TPSA) is 49.4 Å². The van der Waals surface area contributed by atoms with Crippen LogP contribution in [0.15, 0.2) is 12.7 Å². The zero-order valence-corrected chi connectivity index (χ0v) is 9.97. The smallest absolute Gasteiger partial charge is 0.218 e. The first-order valence-corrected chi connectivity index (χ1v) is 6.25. The van der Waals surface area contributed by atoms with Crippen molar-refractivity contribution in [2.75, 3.05) is 26.7 Å². The molecule has 1 atom stereocenters. The number of sulfonamides is 1. The Balaban J connectivity index is 4.63. The van der Waals surface area contributed by atoms with E-state index in [1.807, 2.05) is 6.92 Å². The van der Waals surface area contributed by atoms with Gasteiger partial charge in [0.2, 0.25) is 10.0 Å². The van der Waals surface area contributed by atoms with Crippen molar-refractivity contribution in [2.45, 2.75) is 19.1 Å². The van der Waals surface area contributed by atoms with E-state index in [-0.39, 0.29) is 0 Å². The van der Waals surface area contributed by atoms with Gasteiger partial charge in [-0.05, 0) is 14.0 Å². The number of hydrogen-bond acceptors (Lipinski definition) is 3. The van der Waals surface area contributed by atoms with Gasteiger partial charge in [-0.25, -0.2) is 8.42 Å². The molecule has 0 aromatic rings. The molecule has 0 aliphatic carbocycles. The molecule has 0 saturated heterocycles. The number of rotatable bonds is 7. The lowest BCUT2D eigenvalue weighted by Crippen LogP contribution is -2.41. The molecule has 0 saturated carbocycles. The normalized spacial score (nSPS) is 14.3. The average molecular weight is 220 g/mol. The van der Waals surface area contributed by atoms with Gasteiger partial charge in [0.1, 0.15) is 0 Å². The quantitative estimate of drug-likeness (QED) is 0.633. The molecule has 4 nitrogen and oxygen atoms in total. The molecule has 1 N–H and O–H groups in total. The Hall–Kier alpha value is -0.390. The maximum atomic E-state index is 11.9. The molecule has 0 radical (unpaired) electrons. The average Bonchev–Trinajstić information content (AvgIpc) is 2.14. The van der Waals surface area contributed by atoms with Crippen LogP contribution in [0.3, 0.4) is 0 Å². The number of hydrogen-bond donors (Lipinski definition) is 1. The molecule has 0 aliphatic rings. The molecule has 0 spiro atoms. The van der Waals surface area contributed by atoms with Crippen LogP contribution in [0.4, 0.5) is 0 Å². The molecule has 84 valence electrons. The molecule has 0 amide bonds. The Kier molecular flexibility index (Phi) is 5.99. The fourth-order valence-electron chi connectivity index (χ4n) is 1.20. The number of likely N-dealkylation sites (N-methyl/N-ethyl adjacent to an activating group) is 1. The summed E-state index contributed by atoms with van der Waals surface area (Å²) in [6, 6.07) is 0. The van der Waals surface area contributed by atoms with Crippen molar-refractivity contribution < 1.29 is 8.42 Å². The number of nitrogens with zero attached hydrogens (tertiary/aromatic N) is 1. The van der Waals surface area contributed by atoms with Gasteiger partial charge in [0, 0.05) is 19.6 Å². The van der Waals surface area contributed by atoms with Crippen molar-refractivity contribution in [2.24, 2.45) is 0 Å². The van der Waals surface area contributed by atoms with E-state index in [1.54, 1.807) is 20.0 Å². The van der Waals surface area contributed by atoms with Gasteiger partial charge in [0.05, 0.1) is 5.25 Å². The predicted molar refractivity (Wildman–Crippen MR) is 59.8 cm³/mol. The van der Waals surface area contributed by atoms with Crippen LogP contribution in [0, 0.1) is 0 Å². The van der Waals surface area contributed by atoms with Crippen LogP contribution in [0.1, 0.15) is 13.8 Å². The van der Waals surface area contributed by atoms with Gasteiger partial charge in [-0.2, -0.15) is 4.31 Å². The molecule has 5 heteroatoms. The Labute approximate surface area is 87.0 Å². The zero-order valence-electron chi connectivity index (χ0n) is 9.16. The molecular weight excluding hydrogens is 200 g/mol. The van der Waals surface area contributed by atoms with Gasteiger partial charge in [0.15, 0.2) is 0 Å². The van der Waals surface area contributed by atoms with E-state index in [4.69, 9.17) is 0 Å². The Morgan fingerprint density at radius 3 is 2.50 bits per heavy atom. The second-order valence-corrected chi connectivity index (χ2v) is 5.50. The van der Waals surface area contributed by atoms with Crippen molar-refractivity contribution in [3.05, 3.63) is 12.7 Å². The molecule has 0 fully saturated rings. The second-order valence-electron chi connectivity index (χ2n) is 3.15. The molecule has 0 aromatic heterocycles. The molecule has 1 unspecified atom stereocenters. The van der Waals surface area contributed by atoms with E-state index >= 15 is 0 Å². The maximum Gasteiger partial charge on any atom is 0.218 e. The first-order valence-electron chi connectivity index (χ1n) is 4.75. The van der Waals surface area contributed by atoms with Crippen molar-refractivity contribution in [1.82, 2.24) is 9.62 Å². The summed E-state index contributed by atoms with van der Waals surface area (Å²) in [5.74, 6) is 0. The van der Waals surface area contributed by atoms with Crippen molar-refractivity contribution in [1.29, 1.82) is 0 Å². The van der Waals surface area contributed by atoms with Crippen molar-refractivity contribution in [3.8, 4) is 0 Å². The fourth-order valence-corrected chi connectivity index (χ4v) is 2.76. The summed E-state index contributed by atoms with van der Waals surface area (Å²) >= 11 is 0. The van der Waals surface area contributed by atoms with Gasteiger partial charge in [0.25, 0.3) is 0 Å². The van der Waals surface area contributed by atoms with Crippen LogP contribution in [0.25, 0.3) is 0 Å². The van der Waals surface area contributed by atoms with Crippen LogP contribution in [-0.2, 0) is 10.0 Å². The van der Waals surface area contributed by atoms with Crippen LogP contribution >= 0.6 is 0 Å². The highest BCUT2D eigenvalue weighted by molar-refractivity contribution is 7.89. The number of nitrogens with one attached hydrogen (secondary N) is 1. The molecule has 0 aromatic carbocycles. The van der Waals surface area contributed by atoms with Crippen molar-refractivity contribution >= 4 is 10.0 Å². The third kappa shape index (κ3) is 3.40. The standard InChI is InChI=1S/C9H20N2O2S/c1-5-7-11(6-2)14(12,13)9(3)8-10-4/h5,9-10H,1,6-8H2,2-4H3. The van der Waals surface area contributed by atoms with E-state index < -0.39 is 15.3 Å². The summed E-state index contributed by atoms with van der Waals surface area (Å²) in [6.07, 6.45) is 1.60. The van der Waals surface area contributed by atoms with E-state index in [1.165, 1.54) is 4.31 Å². The largest absolute Gasteiger partial charge is 0.318 e. The molecule has 0 bridgehead atoms. The zero-order chi connectivity index (χ0) is 11.2. The summed E-state index contributed by atoms with van der Waals surface area (Å²) in [4.78, 5) is 0. The molecule has 0 aliphatic heterocycles. The van der Waals surface area contributed by atoms with E-state index in [0.717, 1.165) is 0 Å². The fraction of sp³-hybridized carbons (Fsp3) is 0.778. The predicted octanol–water partition coefficient (Wildman–Crippen LogP) is 0.432. The van der Waals surface area contributed by atoms with E-state index in [2.05, 4.69) is 11.9 Å². The Morgan fingerprint density at radius 2 is 2.14 bits per heavy atom. The van der Waals surface area contributed by atoms with Crippen LogP contribution in [0.2, 0.25) is 0 Å². The molecule has 0 heterocycles. The lowest BCUT2D eigenvalue weighted by atomic mass is 10.5. The summed E-state index contributed by atoms with van der Waals surface area (Å²) < 4.78 is 25.2. The Morgan fingerprint density at radius 1 is 1.57 bits per heavy atom. The highest BCUT2D eigenvalue weighted by Crippen LogP contribution is 2.07. The van der Waals surface area contributed by atoms with Gasteiger partial charge < -0.3 is 5.32 Å². The summed E-state index contributed by atoms with van der Waals surface area (Å²) in [6.45, 7) is 8.42. The SMILES string of the molecule is C=CCN(CC)S(=O)(=O)C(C)CNC. The van der Waals surface area contributed by atoms with Gasteiger partial charge in [-0.15, -0.1) is 6.58 Å². The second kappa shape index (κ2) is 6.16. The van der Waals surface area contributed by atoms with Crippen LogP contribution in [-0.4, -0.2) is 44.7 Å². The lowest BCUT2D eigenvalue weighted by molar-refractivity contribution is 0.449. The third-order valence-electron chi connectivity index (χ3n) is 2.05. The minimum absolute atomic E-state index is 0.382. The third-order valence-corrected chi connectivity index (χ3v) is 4.36. The summed E-state index contributed by atoms with van der Waals surface area (Å²) in [7, 11) is -1.43. The van der Waals surface area contributed by atoms with Gasteiger partial charge >= 0.3 is 0 Å². The van der Waals surface area contributed by atoms with E-state index in [9.17, 15) is 8.42 Å². The van der Waals surface area contributed by atoms with Gasteiger partial charge in [-0.3, -0.25) is 0 Å². The van der Waals surface area contributed by atoms with Crippen LogP contribution < -0.4 is 5.32 Å². The maximum absolute atomic E-state index is 11.9. The monoisotopic (exact) mass is 220 g/mol. The summed E-state index contributed by atoms with van der Waals surface area (Å²) in [5.41, 5.74) is 0. The van der Waals surface area contributed by atoms with E-state index in [0.29, 0.717) is 19.6 Å². The first-order chi connectivity index (χ1) is 6.50. The first kappa shape index (κ1) is 13.6. The lowest BCUT2D eigenvalue weighted by Gasteiger charge is -2.23. The minimum atomic E-state index is -3.18. The van der Waals surface area contributed by atoms with Crippen LogP contribution in [0.5, 0.6) is 0 Å². The summed E-state index contributed by atoms with van der Waals surface area (Å²) in [5, 5.41) is 2.47. The van der Waals surface area contributed by atoms with Crippen molar-refractivity contribution in [3.63, 3.8) is 0 Å². The Bertz CT molecular complexity index is 262. The molecule has 0 rings (SSSR count). The highest BCUT2D eigenvalue weighted by Gasteiger charge is 2.25. The molecular formula is C9H20N2O2S. The van der Waals surface area contributed by atoms with Gasteiger partial charge in [-0.1, -0.05) is 13.0 Å². The molecule has 14 heavy (non-hydrogen) atoms. The highest BCUT2D eigenvalue weighted by atomic mass is 32.2. The minimum Gasteiger partial charge on any atom is -0.318 e.